The summed E-state index contributed by atoms with van der Waals surface area (Å²) >= 11 is 0.617. The van der Waals surface area contributed by atoms with Gasteiger partial charge in [-0.25, -0.2) is 19.3 Å². The monoisotopic (exact) mass is 420 g/mol. The molecule has 6 nitrogen and oxygen atoms in total. The zero-order valence-electron chi connectivity index (χ0n) is 25.2. The fourth-order valence-corrected chi connectivity index (χ4v) is 3.78. The molecule has 1 atom stereocenters. The van der Waals surface area contributed by atoms with E-state index in [0.717, 1.165) is 17.7 Å². The molecule has 0 aliphatic carbocycles. The Morgan fingerprint density at radius 1 is 1.52 bits per heavy atom. The topological polar surface area (TPSA) is 77.7 Å². The maximum Gasteiger partial charge on any atom is 0.162 e. The SMILES string of the molecule is [2H]C(c1ccc(F)c(C#N)c1)N1CCC([2H])(N([2H])c2ncnc3sc(C([2H])(C([2H])([2H])[2H])C([2H])([2H])[2H])nc23)CC1. The van der Waals surface area contributed by atoms with Gasteiger partial charge in [0.2, 0.25) is 0 Å². The number of likely N-dealkylation sites (tertiary alicyclic amines) is 1. The highest BCUT2D eigenvalue weighted by molar-refractivity contribution is 7.18. The van der Waals surface area contributed by atoms with Crippen LogP contribution in [0, 0.1) is 17.1 Å². The van der Waals surface area contributed by atoms with Crippen LogP contribution in [0.2, 0.25) is 1.41 Å². The normalized spacial score (nSPS) is 24.1. The predicted octanol–water partition coefficient (Wildman–Crippen LogP) is 4.30. The number of nitrogens with one attached hydrogen (secondary N) is 1. The molecule has 2 aromatic heterocycles. The Balaban J connectivity index is 1.60. The van der Waals surface area contributed by atoms with E-state index in [-0.39, 0.29) is 47.7 Å². The molecule has 3 heterocycles. The first-order chi connectivity index (χ1) is 18.0. The Labute approximate surface area is 187 Å². The number of thiazole rings is 1. The van der Waals surface area contributed by atoms with E-state index in [1.165, 1.54) is 12.1 Å². The van der Waals surface area contributed by atoms with Gasteiger partial charge < -0.3 is 5.31 Å². The number of hydrogen-bond donors (Lipinski definition) is 1. The Morgan fingerprint density at radius 2 is 2.34 bits per heavy atom. The zero-order valence-corrected chi connectivity index (χ0v) is 16.0. The summed E-state index contributed by atoms with van der Waals surface area (Å²) < 4.78 is 94.6. The van der Waals surface area contributed by atoms with Crippen molar-refractivity contribution in [1.82, 2.24) is 19.9 Å². The second-order valence-corrected chi connectivity index (χ2v) is 7.42. The lowest BCUT2D eigenvalue weighted by molar-refractivity contribution is 0.211. The first-order valence-corrected chi connectivity index (χ1v) is 9.62. The first kappa shape index (κ1) is 11.0. The van der Waals surface area contributed by atoms with Crippen molar-refractivity contribution < 1.29 is 18.1 Å². The number of benzene rings is 1. The molecule has 0 saturated carbocycles. The van der Waals surface area contributed by atoms with Crippen molar-refractivity contribution in [1.29, 1.82) is 5.26 Å². The van der Waals surface area contributed by atoms with Crippen LogP contribution in [0.15, 0.2) is 24.5 Å². The third-order valence-electron chi connectivity index (χ3n) is 4.47. The van der Waals surface area contributed by atoms with Crippen molar-refractivity contribution >= 4 is 27.5 Å². The van der Waals surface area contributed by atoms with E-state index in [9.17, 15) is 4.39 Å². The fraction of sp³-hybridized carbons (Fsp3) is 0.429. The summed E-state index contributed by atoms with van der Waals surface area (Å²) in [5.41, 5.74) is 0.168. The van der Waals surface area contributed by atoms with E-state index in [1.54, 1.807) is 11.0 Å². The summed E-state index contributed by atoms with van der Waals surface area (Å²) in [6, 6.07) is 4.09. The molecule has 1 aliphatic heterocycles. The van der Waals surface area contributed by atoms with Crippen molar-refractivity contribution in [3.8, 4) is 6.07 Å². The lowest BCUT2D eigenvalue weighted by Gasteiger charge is -2.32. The van der Waals surface area contributed by atoms with Crippen molar-refractivity contribution in [3.63, 3.8) is 0 Å². The van der Waals surface area contributed by atoms with Gasteiger partial charge in [-0.2, -0.15) is 5.26 Å². The molecule has 1 aromatic carbocycles. The first-order valence-electron chi connectivity index (χ1n) is 13.8. The number of aromatic nitrogens is 3. The number of fused-ring (bicyclic) bond motifs is 1. The summed E-state index contributed by atoms with van der Waals surface area (Å²) in [5, 5.41) is 9.38. The quantitative estimate of drug-likeness (QED) is 0.663. The molecule has 150 valence electrons. The zero-order chi connectivity index (χ0) is 29.0. The summed E-state index contributed by atoms with van der Waals surface area (Å²) in [7, 11) is 0. The van der Waals surface area contributed by atoms with Gasteiger partial charge in [-0.3, -0.25) is 4.90 Å². The molecular weight excluding hydrogens is 387 g/mol. The van der Waals surface area contributed by atoms with E-state index < -0.39 is 43.0 Å². The molecule has 8 heteroatoms. The molecule has 1 fully saturated rings. The number of anilines is 1. The van der Waals surface area contributed by atoms with Gasteiger partial charge in [0.05, 0.1) is 11.9 Å². The van der Waals surface area contributed by atoms with Crippen LogP contribution < -0.4 is 5.31 Å². The molecule has 1 unspecified atom stereocenters. The smallest absolute Gasteiger partial charge is 0.162 e. The minimum Gasteiger partial charge on any atom is -0.365 e. The molecular formula is C21H23FN6S. The van der Waals surface area contributed by atoms with Gasteiger partial charge in [-0.05, 0) is 30.5 Å². The minimum atomic E-state index is -3.24. The molecule has 3 aromatic rings. The Hall–Kier alpha value is -2.63. The van der Waals surface area contributed by atoms with Crippen LogP contribution in [0.4, 0.5) is 10.2 Å². The fourth-order valence-electron chi connectivity index (χ4n) is 3.02. The molecule has 0 radical (unpaired) electrons. The van der Waals surface area contributed by atoms with E-state index >= 15 is 0 Å². The Kier molecular flexibility index (Phi) is 3.17. The second kappa shape index (κ2) is 8.39. The average Bonchev–Trinajstić information content (AvgIpc) is 3.31. The number of piperidine rings is 1. The van der Waals surface area contributed by atoms with Gasteiger partial charge in [0.15, 0.2) is 7.23 Å². The summed E-state index contributed by atoms with van der Waals surface area (Å²) in [4.78, 5) is 14.0. The van der Waals surface area contributed by atoms with Crippen molar-refractivity contribution in [2.75, 3.05) is 18.4 Å². The highest BCUT2D eigenvalue weighted by Gasteiger charge is 2.21. The molecule has 0 spiro atoms. The predicted molar refractivity (Wildman–Crippen MR) is 112 cm³/mol. The molecule has 1 saturated heterocycles. The van der Waals surface area contributed by atoms with Crippen LogP contribution in [-0.2, 0) is 6.52 Å². The lowest BCUT2D eigenvalue weighted by atomic mass is 10.0. The molecule has 1 aliphatic rings. The maximum absolute atomic E-state index is 13.7. The number of hydrogen-bond acceptors (Lipinski definition) is 7. The van der Waals surface area contributed by atoms with Gasteiger partial charge >= 0.3 is 0 Å². The molecule has 1 N–H and O–H groups in total. The minimum absolute atomic E-state index is 0.0780. The largest absolute Gasteiger partial charge is 0.365 e. The number of rotatable bonds is 5. The van der Waals surface area contributed by atoms with Gasteiger partial charge in [-0.15, -0.1) is 0 Å². The van der Waals surface area contributed by atoms with Crippen molar-refractivity contribution in [2.24, 2.45) is 0 Å². The van der Waals surface area contributed by atoms with E-state index in [4.69, 9.17) is 19.0 Å². The number of halogens is 1. The standard InChI is InChI=1S/C21H23FN6S/c1-13(2)20-27-18-19(24-12-25-21(18)29-20)26-16-5-7-28(8-6-16)11-14-3-4-17(22)15(9-14)10-23/h3-4,9,12-13,16H,5-8,11H2,1-2H3,(H,24,25,26)/i1D3,2D3,11D,13D,16D/hD. The number of nitrogens with zero attached hydrogens (tertiary/aromatic N) is 5. The summed E-state index contributed by atoms with van der Waals surface area (Å²) in [6.45, 7) is -6.96. The molecule has 4 rings (SSSR count). The van der Waals surface area contributed by atoms with Crippen LogP contribution in [0.1, 0.15) is 60.9 Å². The average molecular weight is 421 g/mol. The Bertz CT molecular complexity index is 1400. The van der Waals surface area contributed by atoms with E-state index in [2.05, 4.69) is 15.0 Å². The van der Waals surface area contributed by atoms with E-state index in [1.807, 2.05) is 0 Å². The van der Waals surface area contributed by atoms with Gasteiger partial charge in [0.1, 0.15) is 28.6 Å². The highest BCUT2D eigenvalue weighted by Crippen LogP contribution is 2.29. The highest BCUT2D eigenvalue weighted by atomic mass is 32.1. The van der Waals surface area contributed by atoms with Crippen molar-refractivity contribution in [2.45, 2.75) is 45.0 Å². The third kappa shape index (κ3) is 4.36. The Morgan fingerprint density at radius 3 is 3.10 bits per heavy atom. The van der Waals surface area contributed by atoms with E-state index in [0.29, 0.717) is 16.9 Å². The molecule has 0 bridgehead atoms. The summed E-state index contributed by atoms with van der Waals surface area (Å²) in [6.07, 6.45) is 1.28. The van der Waals surface area contributed by atoms with Crippen molar-refractivity contribution in [3.05, 3.63) is 46.5 Å². The second-order valence-electron chi connectivity index (χ2n) is 6.44. The van der Waals surface area contributed by atoms with Gasteiger partial charge in [0, 0.05) is 42.5 Å². The molecule has 29 heavy (non-hydrogen) atoms. The number of nitriles is 1. The van der Waals surface area contributed by atoms with Crippen LogP contribution in [0.25, 0.3) is 10.3 Å². The third-order valence-corrected chi connectivity index (χ3v) is 5.45. The molecule has 0 amide bonds. The van der Waals surface area contributed by atoms with Crippen LogP contribution >= 0.6 is 11.3 Å². The maximum atomic E-state index is 13.7. The van der Waals surface area contributed by atoms with Gasteiger partial charge in [-0.1, -0.05) is 31.1 Å². The van der Waals surface area contributed by atoms with Crippen LogP contribution in [-0.4, -0.2) is 39.0 Å². The lowest BCUT2D eigenvalue weighted by Crippen LogP contribution is -2.38. The van der Waals surface area contributed by atoms with Gasteiger partial charge in [0.25, 0.3) is 0 Å². The summed E-state index contributed by atoms with van der Waals surface area (Å²) in [5.74, 6) is -3.85. The van der Waals surface area contributed by atoms with Crippen LogP contribution in [0.5, 0.6) is 0 Å². The van der Waals surface area contributed by atoms with Crippen LogP contribution in [0.3, 0.4) is 0 Å².